The van der Waals surface area contributed by atoms with Crippen molar-refractivity contribution >= 4 is 11.8 Å². The minimum absolute atomic E-state index is 0.129. The largest absolute Gasteiger partial charge is 0.394 e. The number of nitrogens with zero attached hydrogens (tertiary/aromatic N) is 2. The topological polar surface area (TPSA) is 58.0 Å². The van der Waals surface area contributed by atoms with Gasteiger partial charge in [0, 0.05) is 23.2 Å². The van der Waals surface area contributed by atoms with Crippen LogP contribution in [-0.4, -0.2) is 39.5 Å². The van der Waals surface area contributed by atoms with Gasteiger partial charge in [-0.2, -0.15) is 0 Å². The Kier molecular flexibility index (Phi) is 5.18. The molecule has 1 heterocycles. The summed E-state index contributed by atoms with van der Waals surface area (Å²) in [6.45, 7) is 4.26. The molecule has 0 aliphatic rings. The maximum atomic E-state index is 9.30. The molecule has 1 rings (SSSR count). The fraction of sp³-hybridized carbons (Fsp3) is 0.636. The summed E-state index contributed by atoms with van der Waals surface area (Å²) in [6, 6.07) is 1.81. The molecule has 2 N–H and O–H groups in total. The Morgan fingerprint density at radius 3 is 2.62 bits per heavy atom. The smallest absolute Gasteiger partial charge is 0.187 e. The molecular weight excluding hydrogens is 222 g/mol. The van der Waals surface area contributed by atoms with Crippen molar-refractivity contribution in [2.75, 3.05) is 13.7 Å². The Bertz CT molecular complexity index is 303. The van der Waals surface area contributed by atoms with Gasteiger partial charge in [0.2, 0.25) is 0 Å². The van der Waals surface area contributed by atoms with Crippen LogP contribution < -0.4 is 5.32 Å². The number of hydrogen-bond acceptors (Lipinski definition) is 5. The molecule has 0 saturated carbocycles. The number of thioether (sulfide) groups is 1. The lowest BCUT2D eigenvalue weighted by molar-refractivity contribution is 0.174. The molecule has 1 aromatic heterocycles. The number of aromatic nitrogens is 2. The second kappa shape index (κ2) is 6.18. The van der Waals surface area contributed by atoms with Crippen molar-refractivity contribution in [2.24, 2.45) is 0 Å². The zero-order chi connectivity index (χ0) is 12.0. The van der Waals surface area contributed by atoms with Gasteiger partial charge >= 0.3 is 0 Å². The quantitative estimate of drug-likeness (QED) is 0.581. The van der Waals surface area contributed by atoms with Gasteiger partial charge in [0.05, 0.1) is 6.61 Å². The molecule has 0 amide bonds. The molecule has 16 heavy (non-hydrogen) atoms. The molecule has 2 atom stereocenters. The Balaban J connectivity index is 2.50. The zero-order valence-electron chi connectivity index (χ0n) is 9.97. The van der Waals surface area contributed by atoms with E-state index in [-0.39, 0.29) is 12.1 Å². The number of hydrogen-bond donors (Lipinski definition) is 2. The van der Waals surface area contributed by atoms with E-state index >= 15 is 0 Å². The molecule has 0 fully saturated rings. The van der Waals surface area contributed by atoms with E-state index in [1.807, 2.05) is 14.0 Å². The van der Waals surface area contributed by atoms with Crippen LogP contribution in [0.3, 0.4) is 0 Å². The van der Waals surface area contributed by atoms with Crippen LogP contribution in [0.1, 0.15) is 20.3 Å². The van der Waals surface area contributed by atoms with E-state index in [2.05, 4.69) is 22.2 Å². The highest BCUT2D eigenvalue weighted by atomic mass is 32.2. The molecule has 5 heteroatoms. The first-order valence-electron chi connectivity index (χ1n) is 5.33. The highest BCUT2D eigenvalue weighted by Gasteiger charge is 2.24. The fourth-order valence-corrected chi connectivity index (χ4v) is 2.50. The summed E-state index contributed by atoms with van der Waals surface area (Å²) in [5.74, 6) is 0. The average Bonchev–Trinajstić information content (AvgIpc) is 2.30. The molecule has 90 valence electrons. The first-order chi connectivity index (χ1) is 7.59. The minimum atomic E-state index is -0.235. The monoisotopic (exact) mass is 241 g/mol. The maximum absolute atomic E-state index is 9.30. The standard InChI is InChI=1S/C11H19N3OS/c1-9(7-11(2,8-15)12-3)16-10-13-5-4-6-14-10/h4-6,9,12,15H,7-8H2,1-3H3. The predicted molar refractivity (Wildman–Crippen MR) is 66.5 cm³/mol. The van der Waals surface area contributed by atoms with E-state index < -0.39 is 0 Å². The van der Waals surface area contributed by atoms with Gasteiger partial charge in [-0.3, -0.25) is 0 Å². The molecule has 0 aromatic carbocycles. The molecule has 0 saturated heterocycles. The lowest BCUT2D eigenvalue weighted by Gasteiger charge is -2.29. The lowest BCUT2D eigenvalue weighted by Crippen LogP contribution is -2.45. The van der Waals surface area contributed by atoms with Gasteiger partial charge < -0.3 is 10.4 Å². The van der Waals surface area contributed by atoms with Gasteiger partial charge in [0.25, 0.3) is 0 Å². The second-order valence-corrected chi connectivity index (χ2v) is 5.54. The van der Waals surface area contributed by atoms with Crippen LogP contribution in [0.5, 0.6) is 0 Å². The Morgan fingerprint density at radius 2 is 2.12 bits per heavy atom. The normalized spacial score (nSPS) is 16.8. The molecule has 0 aliphatic carbocycles. The van der Waals surface area contributed by atoms with Gasteiger partial charge in [0.1, 0.15) is 0 Å². The average molecular weight is 241 g/mol. The van der Waals surface area contributed by atoms with Crippen LogP contribution in [0.25, 0.3) is 0 Å². The third-order valence-corrected chi connectivity index (χ3v) is 3.53. The van der Waals surface area contributed by atoms with Crippen LogP contribution in [0.2, 0.25) is 0 Å². The molecule has 0 aliphatic heterocycles. The predicted octanol–water partition coefficient (Wildman–Crippen LogP) is 1.32. The highest BCUT2D eigenvalue weighted by Crippen LogP contribution is 2.25. The molecular formula is C11H19N3OS. The van der Waals surface area contributed by atoms with Gasteiger partial charge in [0.15, 0.2) is 5.16 Å². The number of likely N-dealkylation sites (N-methyl/N-ethyl adjacent to an activating group) is 1. The van der Waals surface area contributed by atoms with E-state index in [1.54, 1.807) is 30.2 Å². The summed E-state index contributed by atoms with van der Waals surface area (Å²) in [5, 5.41) is 13.6. The van der Waals surface area contributed by atoms with Crippen LogP contribution >= 0.6 is 11.8 Å². The third-order valence-electron chi connectivity index (χ3n) is 2.54. The first-order valence-corrected chi connectivity index (χ1v) is 6.21. The molecule has 4 nitrogen and oxygen atoms in total. The van der Waals surface area contributed by atoms with Crippen LogP contribution in [0.15, 0.2) is 23.6 Å². The highest BCUT2D eigenvalue weighted by molar-refractivity contribution is 7.99. The van der Waals surface area contributed by atoms with Gasteiger partial charge in [-0.25, -0.2) is 9.97 Å². The van der Waals surface area contributed by atoms with Crippen LogP contribution in [0.4, 0.5) is 0 Å². The van der Waals surface area contributed by atoms with Crippen LogP contribution in [0, 0.1) is 0 Å². The lowest BCUT2D eigenvalue weighted by atomic mass is 9.98. The summed E-state index contributed by atoms with van der Waals surface area (Å²) in [4.78, 5) is 8.34. The fourth-order valence-electron chi connectivity index (χ4n) is 1.45. The van der Waals surface area contributed by atoms with Crippen molar-refractivity contribution in [3.05, 3.63) is 18.5 Å². The number of nitrogens with one attached hydrogen (secondary N) is 1. The zero-order valence-corrected chi connectivity index (χ0v) is 10.8. The van der Waals surface area contributed by atoms with E-state index in [4.69, 9.17) is 0 Å². The number of aliphatic hydroxyl groups excluding tert-OH is 1. The number of rotatable bonds is 6. The molecule has 0 spiro atoms. The number of aliphatic hydroxyl groups is 1. The minimum Gasteiger partial charge on any atom is -0.394 e. The molecule has 0 bridgehead atoms. The Labute approximate surface area is 101 Å². The Morgan fingerprint density at radius 1 is 1.50 bits per heavy atom. The third kappa shape index (κ3) is 4.08. The maximum Gasteiger partial charge on any atom is 0.187 e. The van der Waals surface area contributed by atoms with Gasteiger partial charge in [-0.05, 0) is 26.5 Å². The van der Waals surface area contributed by atoms with Crippen molar-refractivity contribution in [3.8, 4) is 0 Å². The van der Waals surface area contributed by atoms with Crippen molar-refractivity contribution < 1.29 is 5.11 Å². The van der Waals surface area contributed by atoms with Crippen molar-refractivity contribution in [1.29, 1.82) is 0 Å². The Hall–Kier alpha value is -0.650. The van der Waals surface area contributed by atoms with E-state index in [9.17, 15) is 5.11 Å². The SMILES string of the molecule is CNC(C)(CO)CC(C)Sc1ncccn1. The summed E-state index contributed by atoms with van der Waals surface area (Å²) >= 11 is 1.63. The van der Waals surface area contributed by atoms with E-state index in [0.29, 0.717) is 5.25 Å². The molecule has 2 unspecified atom stereocenters. The summed E-state index contributed by atoms with van der Waals surface area (Å²) < 4.78 is 0. The molecule has 1 aromatic rings. The summed E-state index contributed by atoms with van der Waals surface area (Å²) in [5.41, 5.74) is -0.235. The summed E-state index contributed by atoms with van der Waals surface area (Å²) in [7, 11) is 1.87. The first kappa shape index (κ1) is 13.4. The van der Waals surface area contributed by atoms with Crippen molar-refractivity contribution in [2.45, 2.75) is 36.2 Å². The van der Waals surface area contributed by atoms with Crippen molar-refractivity contribution in [1.82, 2.24) is 15.3 Å². The van der Waals surface area contributed by atoms with E-state index in [1.165, 1.54) is 0 Å². The molecule has 0 radical (unpaired) electrons. The second-order valence-electron chi connectivity index (χ2n) is 4.13. The van der Waals surface area contributed by atoms with Gasteiger partial charge in [-0.1, -0.05) is 18.7 Å². The van der Waals surface area contributed by atoms with E-state index in [0.717, 1.165) is 11.6 Å². The van der Waals surface area contributed by atoms with Gasteiger partial charge in [-0.15, -0.1) is 0 Å². The summed E-state index contributed by atoms with van der Waals surface area (Å²) in [6.07, 6.45) is 4.35. The van der Waals surface area contributed by atoms with Crippen LogP contribution in [-0.2, 0) is 0 Å². The van der Waals surface area contributed by atoms with Crippen molar-refractivity contribution in [3.63, 3.8) is 0 Å².